The van der Waals surface area contributed by atoms with Crippen LogP contribution in [0.3, 0.4) is 0 Å². The summed E-state index contributed by atoms with van der Waals surface area (Å²) >= 11 is 0. The summed E-state index contributed by atoms with van der Waals surface area (Å²) < 4.78 is 0. The lowest BCUT2D eigenvalue weighted by Gasteiger charge is -2.09. The van der Waals surface area contributed by atoms with Gasteiger partial charge in [0.25, 0.3) is 0 Å². The lowest BCUT2D eigenvalue weighted by Crippen LogP contribution is -2.25. The molecule has 3 rings (SSSR count). The standard InChI is InChI=1S/C19H18N2O/c1-14-6-2-3-7-16(14)12-18(22)21-13-17-9-4-8-15-10-5-11-20-19(15)17/h2-11H,12-13H2,1H3,(H,21,22). The lowest BCUT2D eigenvalue weighted by molar-refractivity contribution is -0.120. The minimum Gasteiger partial charge on any atom is -0.352 e. The molecule has 22 heavy (non-hydrogen) atoms. The summed E-state index contributed by atoms with van der Waals surface area (Å²) in [5.41, 5.74) is 4.19. The smallest absolute Gasteiger partial charge is 0.224 e. The van der Waals surface area contributed by atoms with E-state index in [9.17, 15) is 4.79 Å². The molecule has 0 unspecified atom stereocenters. The van der Waals surface area contributed by atoms with Gasteiger partial charge in [-0.25, -0.2) is 0 Å². The summed E-state index contributed by atoms with van der Waals surface area (Å²) in [6.45, 7) is 2.52. The summed E-state index contributed by atoms with van der Waals surface area (Å²) in [6.07, 6.45) is 2.19. The van der Waals surface area contributed by atoms with Crippen molar-refractivity contribution in [3.8, 4) is 0 Å². The number of rotatable bonds is 4. The first-order valence-electron chi connectivity index (χ1n) is 7.38. The topological polar surface area (TPSA) is 42.0 Å². The molecule has 0 fully saturated rings. The molecule has 3 nitrogen and oxygen atoms in total. The van der Waals surface area contributed by atoms with Gasteiger partial charge in [-0.05, 0) is 29.7 Å². The number of nitrogens with one attached hydrogen (secondary N) is 1. The van der Waals surface area contributed by atoms with E-state index in [-0.39, 0.29) is 5.91 Å². The second kappa shape index (κ2) is 6.39. The van der Waals surface area contributed by atoms with Crippen molar-refractivity contribution in [1.29, 1.82) is 0 Å². The van der Waals surface area contributed by atoms with Crippen LogP contribution in [0.15, 0.2) is 60.8 Å². The second-order valence-electron chi connectivity index (χ2n) is 5.37. The molecule has 2 aromatic carbocycles. The lowest BCUT2D eigenvalue weighted by atomic mass is 10.1. The zero-order chi connectivity index (χ0) is 15.4. The van der Waals surface area contributed by atoms with Crippen molar-refractivity contribution in [2.75, 3.05) is 0 Å². The van der Waals surface area contributed by atoms with Gasteiger partial charge in [-0.2, -0.15) is 0 Å². The van der Waals surface area contributed by atoms with Gasteiger partial charge in [0.05, 0.1) is 11.9 Å². The van der Waals surface area contributed by atoms with E-state index in [4.69, 9.17) is 0 Å². The number of hydrogen-bond donors (Lipinski definition) is 1. The third-order valence-corrected chi connectivity index (χ3v) is 3.80. The van der Waals surface area contributed by atoms with Crippen LogP contribution in [0.1, 0.15) is 16.7 Å². The average Bonchev–Trinajstić information content (AvgIpc) is 2.55. The highest BCUT2D eigenvalue weighted by molar-refractivity contribution is 5.83. The van der Waals surface area contributed by atoms with Crippen molar-refractivity contribution >= 4 is 16.8 Å². The molecule has 0 saturated carbocycles. The molecule has 3 heteroatoms. The third-order valence-electron chi connectivity index (χ3n) is 3.80. The molecule has 110 valence electrons. The van der Waals surface area contributed by atoms with Crippen molar-refractivity contribution in [1.82, 2.24) is 10.3 Å². The van der Waals surface area contributed by atoms with Crippen molar-refractivity contribution in [2.24, 2.45) is 0 Å². The maximum atomic E-state index is 12.1. The molecular formula is C19H18N2O. The maximum absolute atomic E-state index is 12.1. The Bertz CT molecular complexity index is 806. The quantitative estimate of drug-likeness (QED) is 0.800. The zero-order valence-corrected chi connectivity index (χ0v) is 12.5. The molecule has 0 saturated heterocycles. The van der Waals surface area contributed by atoms with E-state index in [1.165, 1.54) is 0 Å². The van der Waals surface area contributed by atoms with Crippen molar-refractivity contribution < 1.29 is 4.79 Å². The Hall–Kier alpha value is -2.68. The molecule has 0 spiro atoms. The molecule has 0 bridgehead atoms. The summed E-state index contributed by atoms with van der Waals surface area (Å²) in [5.74, 6) is 0.0298. The van der Waals surface area contributed by atoms with Crippen LogP contribution in [-0.2, 0) is 17.8 Å². The number of aromatic nitrogens is 1. The molecule has 1 heterocycles. The van der Waals surface area contributed by atoms with Gasteiger partial charge in [-0.15, -0.1) is 0 Å². The number of pyridine rings is 1. The van der Waals surface area contributed by atoms with Crippen LogP contribution in [0.25, 0.3) is 10.9 Å². The van der Waals surface area contributed by atoms with Gasteiger partial charge in [0.2, 0.25) is 5.91 Å². The molecule has 1 aromatic heterocycles. The fourth-order valence-corrected chi connectivity index (χ4v) is 2.55. The molecule has 1 amide bonds. The van der Waals surface area contributed by atoms with E-state index in [1.54, 1.807) is 6.20 Å². The Labute approximate surface area is 130 Å². The van der Waals surface area contributed by atoms with Gasteiger partial charge in [-0.1, -0.05) is 48.5 Å². The average molecular weight is 290 g/mol. The summed E-state index contributed by atoms with van der Waals surface area (Å²) in [7, 11) is 0. The van der Waals surface area contributed by atoms with Crippen LogP contribution in [0, 0.1) is 6.92 Å². The fourth-order valence-electron chi connectivity index (χ4n) is 2.55. The van der Waals surface area contributed by atoms with Crippen LogP contribution in [0.2, 0.25) is 0 Å². The van der Waals surface area contributed by atoms with Gasteiger partial charge in [0.1, 0.15) is 0 Å². The number of carbonyl (C=O) groups is 1. The summed E-state index contributed by atoms with van der Waals surface area (Å²) in [5, 5.41) is 4.08. The van der Waals surface area contributed by atoms with Crippen LogP contribution in [0.4, 0.5) is 0 Å². The van der Waals surface area contributed by atoms with Gasteiger partial charge < -0.3 is 5.32 Å². The number of para-hydroxylation sites is 1. The number of hydrogen-bond acceptors (Lipinski definition) is 2. The largest absolute Gasteiger partial charge is 0.352 e. The zero-order valence-electron chi connectivity index (χ0n) is 12.5. The fraction of sp³-hybridized carbons (Fsp3) is 0.158. The van der Waals surface area contributed by atoms with Crippen LogP contribution in [0.5, 0.6) is 0 Å². The monoisotopic (exact) mass is 290 g/mol. The maximum Gasteiger partial charge on any atom is 0.224 e. The number of fused-ring (bicyclic) bond motifs is 1. The molecule has 0 aliphatic heterocycles. The SMILES string of the molecule is Cc1ccccc1CC(=O)NCc1cccc2cccnc12. The molecule has 3 aromatic rings. The molecule has 1 N–H and O–H groups in total. The number of amides is 1. The summed E-state index contributed by atoms with van der Waals surface area (Å²) in [6, 6.07) is 17.9. The molecule has 0 atom stereocenters. The first-order valence-corrected chi connectivity index (χ1v) is 7.38. The van der Waals surface area contributed by atoms with Gasteiger partial charge in [0.15, 0.2) is 0 Å². The molecule has 0 aliphatic carbocycles. The minimum atomic E-state index is 0.0298. The Morgan fingerprint density at radius 1 is 1.00 bits per heavy atom. The van der Waals surface area contributed by atoms with Crippen molar-refractivity contribution in [3.05, 3.63) is 77.5 Å². The van der Waals surface area contributed by atoms with E-state index in [2.05, 4.69) is 10.3 Å². The highest BCUT2D eigenvalue weighted by atomic mass is 16.1. The van der Waals surface area contributed by atoms with Gasteiger partial charge in [-0.3, -0.25) is 9.78 Å². The van der Waals surface area contributed by atoms with Crippen LogP contribution in [-0.4, -0.2) is 10.9 Å². The van der Waals surface area contributed by atoms with E-state index in [0.29, 0.717) is 13.0 Å². The van der Waals surface area contributed by atoms with Crippen molar-refractivity contribution in [3.63, 3.8) is 0 Å². The first kappa shape index (κ1) is 14.3. The Balaban J connectivity index is 1.69. The first-order chi connectivity index (χ1) is 10.7. The molecular weight excluding hydrogens is 272 g/mol. The number of benzene rings is 2. The van der Waals surface area contributed by atoms with Gasteiger partial charge >= 0.3 is 0 Å². The molecule has 0 aliphatic rings. The molecule has 0 radical (unpaired) electrons. The van der Waals surface area contributed by atoms with E-state index < -0.39 is 0 Å². The predicted molar refractivity (Wildman–Crippen MR) is 88.5 cm³/mol. The predicted octanol–water partition coefficient (Wildman–Crippen LogP) is 3.40. The Morgan fingerprint density at radius 3 is 2.64 bits per heavy atom. The number of aryl methyl sites for hydroxylation is 1. The number of carbonyl (C=O) groups excluding carboxylic acids is 1. The Kier molecular flexibility index (Phi) is 4.15. The highest BCUT2D eigenvalue weighted by Gasteiger charge is 2.07. The third kappa shape index (κ3) is 3.14. The number of nitrogens with zero attached hydrogens (tertiary/aromatic N) is 1. The van der Waals surface area contributed by atoms with Crippen LogP contribution >= 0.6 is 0 Å². The second-order valence-corrected chi connectivity index (χ2v) is 5.37. The van der Waals surface area contributed by atoms with E-state index in [0.717, 1.165) is 27.6 Å². The summed E-state index contributed by atoms with van der Waals surface area (Å²) in [4.78, 5) is 16.5. The van der Waals surface area contributed by atoms with Crippen molar-refractivity contribution in [2.45, 2.75) is 19.9 Å². The normalized spacial score (nSPS) is 10.6. The van der Waals surface area contributed by atoms with E-state index >= 15 is 0 Å². The van der Waals surface area contributed by atoms with E-state index in [1.807, 2.05) is 61.5 Å². The van der Waals surface area contributed by atoms with Gasteiger partial charge in [0, 0.05) is 18.1 Å². The Morgan fingerprint density at radius 2 is 1.77 bits per heavy atom. The minimum absolute atomic E-state index is 0.0298. The highest BCUT2D eigenvalue weighted by Crippen LogP contribution is 2.15. The van der Waals surface area contributed by atoms with Crippen LogP contribution < -0.4 is 5.32 Å².